The van der Waals surface area contributed by atoms with Crippen LogP contribution in [-0.4, -0.2) is 18.6 Å². The Kier molecular flexibility index (Phi) is 3.61. The fraction of sp³-hybridized carbons (Fsp3) is 0.688. The Bertz CT molecular complexity index is 440. The molecule has 1 saturated carbocycles. The number of methoxy groups -OCH3 is 1. The quantitative estimate of drug-likeness (QED) is 0.883. The molecule has 3 nitrogen and oxygen atoms in total. The number of rotatable bonds is 5. The van der Waals surface area contributed by atoms with Gasteiger partial charge in [-0.3, -0.25) is 4.98 Å². The highest BCUT2D eigenvalue weighted by molar-refractivity contribution is 5.33. The summed E-state index contributed by atoms with van der Waals surface area (Å²) in [6, 6.07) is 4.18. The van der Waals surface area contributed by atoms with Crippen LogP contribution in [0.1, 0.15) is 46.4 Å². The van der Waals surface area contributed by atoms with Crippen molar-refractivity contribution in [1.29, 1.82) is 0 Å². The van der Waals surface area contributed by atoms with Crippen LogP contribution in [0.15, 0.2) is 18.3 Å². The minimum absolute atomic E-state index is 0.256. The van der Waals surface area contributed by atoms with Gasteiger partial charge in [-0.25, -0.2) is 0 Å². The number of nitrogens with zero attached hydrogens (tertiary/aromatic N) is 1. The van der Waals surface area contributed by atoms with Gasteiger partial charge in [-0.2, -0.15) is 0 Å². The zero-order valence-electron chi connectivity index (χ0n) is 12.9. The molecular weight excluding hydrogens is 236 g/mol. The van der Waals surface area contributed by atoms with Gasteiger partial charge in [-0.1, -0.05) is 34.6 Å². The highest BCUT2D eigenvalue weighted by Crippen LogP contribution is 2.72. The maximum absolute atomic E-state index is 5.48. The lowest BCUT2D eigenvalue weighted by Gasteiger charge is -2.21. The molecule has 1 fully saturated rings. The lowest BCUT2D eigenvalue weighted by molar-refractivity contribution is 0.366. The fourth-order valence-corrected chi connectivity index (χ4v) is 3.48. The second-order valence-electron chi connectivity index (χ2n) is 6.55. The van der Waals surface area contributed by atoms with E-state index in [-0.39, 0.29) is 6.04 Å². The van der Waals surface area contributed by atoms with Crippen molar-refractivity contribution >= 4 is 0 Å². The standard InChI is InChI=1S/C16H26N2O/c1-7-17-13(14-15(2,3)16(14,4)5)12-11(19-6)9-8-10-18-12/h8-10,13-14,17H,7H2,1-6H3. The Labute approximate surface area is 116 Å². The van der Waals surface area contributed by atoms with Crippen LogP contribution in [0.5, 0.6) is 5.75 Å². The Balaban J connectivity index is 2.37. The molecule has 1 aromatic rings. The summed E-state index contributed by atoms with van der Waals surface area (Å²) in [6.07, 6.45) is 1.85. The van der Waals surface area contributed by atoms with Crippen molar-refractivity contribution < 1.29 is 4.74 Å². The van der Waals surface area contributed by atoms with Gasteiger partial charge in [0, 0.05) is 6.20 Å². The van der Waals surface area contributed by atoms with Crippen molar-refractivity contribution in [2.75, 3.05) is 13.7 Å². The second-order valence-corrected chi connectivity index (χ2v) is 6.55. The van der Waals surface area contributed by atoms with Crippen molar-refractivity contribution in [1.82, 2.24) is 10.3 Å². The molecule has 0 bridgehead atoms. The Morgan fingerprint density at radius 3 is 2.42 bits per heavy atom. The molecule has 2 rings (SSSR count). The third kappa shape index (κ3) is 2.14. The summed E-state index contributed by atoms with van der Waals surface area (Å²) in [7, 11) is 1.71. The summed E-state index contributed by atoms with van der Waals surface area (Å²) in [5, 5.41) is 3.60. The Morgan fingerprint density at radius 1 is 1.32 bits per heavy atom. The topological polar surface area (TPSA) is 34.2 Å². The molecule has 1 heterocycles. The Morgan fingerprint density at radius 2 is 1.95 bits per heavy atom. The van der Waals surface area contributed by atoms with Crippen molar-refractivity contribution in [2.24, 2.45) is 16.7 Å². The third-order valence-corrected chi connectivity index (χ3v) is 5.20. The number of nitrogens with one attached hydrogen (secondary N) is 1. The zero-order valence-corrected chi connectivity index (χ0v) is 12.9. The van der Waals surface area contributed by atoms with Crippen molar-refractivity contribution in [3.63, 3.8) is 0 Å². The van der Waals surface area contributed by atoms with Crippen molar-refractivity contribution in [2.45, 2.75) is 40.7 Å². The lowest BCUT2D eigenvalue weighted by atomic mass is 10.00. The predicted molar refractivity (Wildman–Crippen MR) is 78.3 cm³/mol. The smallest absolute Gasteiger partial charge is 0.141 e. The molecular formula is C16H26N2O. The first-order valence-corrected chi connectivity index (χ1v) is 7.10. The number of aromatic nitrogens is 1. The van der Waals surface area contributed by atoms with Crippen LogP contribution >= 0.6 is 0 Å². The molecule has 0 radical (unpaired) electrons. The van der Waals surface area contributed by atoms with E-state index in [1.165, 1.54) is 0 Å². The first kappa shape index (κ1) is 14.3. The van der Waals surface area contributed by atoms with Gasteiger partial charge in [0.15, 0.2) is 0 Å². The highest BCUT2D eigenvalue weighted by atomic mass is 16.5. The summed E-state index contributed by atoms with van der Waals surface area (Å²) in [5.41, 5.74) is 1.68. The van der Waals surface area contributed by atoms with Gasteiger partial charge in [-0.15, -0.1) is 0 Å². The van der Waals surface area contributed by atoms with Gasteiger partial charge < -0.3 is 10.1 Å². The van der Waals surface area contributed by atoms with E-state index in [0.717, 1.165) is 18.0 Å². The molecule has 1 unspecified atom stereocenters. The molecule has 0 saturated heterocycles. The number of hydrogen-bond acceptors (Lipinski definition) is 3. The fourth-order valence-electron chi connectivity index (χ4n) is 3.48. The average molecular weight is 262 g/mol. The molecule has 19 heavy (non-hydrogen) atoms. The molecule has 3 heteroatoms. The lowest BCUT2D eigenvalue weighted by Crippen LogP contribution is -2.26. The molecule has 0 spiro atoms. The van der Waals surface area contributed by atoms with E-state index in [9.17, 15) is 0 Å². The maximum Gasteiger partial charge on any atom is 0.141 e. The zero-order chi connectivity index (χ0) is 14.3. The minimum atomic E-state index is 0.256. The largest absolute Gasteiger partial charge is 0.495 e. The third-order valence-electron chi connectivity index (χ3n) is 5.20. The summed E-state index contributed by atoms with van der Waals surface area (Å²) < 4.78 is 5.48. The van der Waals surface area contributed by atoms with Gasteiger partial charge in [0.25, 0.3) is 0 Å². The average Bonchev–Trinajstić information content (AvgIpc) is 2.77. The Hall–Kier alpha value is -1.09. The van der Waals surface area contributed by atoms with Crippen LogP contribution < -0.4 is 10.1 Å². The number of pyridine rings is 1. The van der Waals surface area contributed by atoms with E-state index >= 15 is 0 Å². The molecule has 1 atom stereocenters. The first-order chi connectivity index (χ1) is 8.87. The molecule has 1 N–H and O–H groups in total. The van der Waals surface area contributed by atoms with Gasteiger partial charge in [-0.05, 0) is 35.4 Å². The summed E-state index contributed by atoms with van der Waals surface area (Å²) in [4.78, 5) is 4.57. The maximum atomic E-state index is 5.48. The first-order valence-electron chi connectivity index (χ1n) is 7.10. The van der Waals surface area contributed by atoms with E-state index in [1.54, 1.807) is 7.11 Å². The summed E-state index contributed by atoms with van der Waals surface area (Å²) in [5.74, 6) is 1.45. The molecule has 106 valence electrons. The van der Waals surface area contributed by atoms with Crippen molar-refractivity contribution in [3.8, 4) is 5.75 Å². The van der Waals surface area contributed by atoms with E-state index in [1.807, 2.05) is 18.3 Å². The molecule has 1 aliphatic rings. The minimum Gasteiger partial charge on any atom is -0.495 e. The molecule has 1 aromatic heterocycles. The normalized spacial score (nSPS) is 22.0. The van der Waals surface area contributed by atoms with Gasteiger partial charge in [0.05, 0.1) is 18.8 Å². The second kappa shape index (κ2) is 4.78. The van der Waals surface area contributed by atoms with Crippen LogP contribution in [0.25, 0.3) is 0 Å². The van der Waals surface area contributed by atoms with Crippen LogP contribution in [-0.2, 0) is 0 Å². The van der Waals surface area contributed by atoms with Gasteiger partial charge in [0.1, 0.15) is 5.75 Å². The van der Waals surface area contributed by atoms with Gasteiger partial charge >= 0.3 is 0 Å². The van der Waals surface area contributed by atoms with Gasteiger partial charge in [0.2, 0.25) is 0 Å². The van der Waals surface area contributed by atoms with E-state index in [4.69, 9.17) is 4.74 Å². The molecule has 1 aliphatic carbocycles. The SMILES string of the molecule is CCNC(c1ncccc1OC)C1C(C)(C)C1(C)C. The molecule has 0 aliphatic heterocycles. The monoisotopic (exact) mass is 262 g/mol. The van der Waals surface area contributed by atoms with E-state index < -0.39 is 0 Å². The number of hydrogen-bond donors (Lipinski definition) is 1. The number of ether oxygens (including phenoxy) is 1. The van der Waals surface area contributed by atoms with Crippen molar-refractivity contribution in [3.05, 3.63) is 24.0 Å². The molecule has 0 aromatic carbocycles. The van der Waals surface area contributed by atoms with Crippen LogP contribution in [0.3, 0.4) is 0 Å². The highest BCUT2D eigenvalue weighted by Gasteiger charge is 2.67. The van der Waals surface area contributed by atoms with E-state index in [0.29, 0.717) is 16.7 Å². The van der Waals surface area contributed by atoms with Crippen LogP contribution in [0.4, 0.5) is 0 Å². The van der Waals surface area contributed by atoms with Crippen LogP contribution in [0, 0.1) is 16.7 Å². The summed E-state index contributed by atoms with van der Waals surface area (Å²) in [6.45, 7) is 12.5. The summed E-state index contributed by atoms with van der Waals surface area (Å²) >= 11 is 0. The van der Waals surface area contributed by atoms with E-state index in [2.05, 4.69) is 44.9 Å². The van der Waals surface area contributed by atoms with Crippen LogP contribution in [0.2, 0.25) is 0 Å². The predicted octanol–water partition coefficient (Wildman–Crippen LogP) is 3.42. The molecule has 0 amide bonds.